The molecule has 0 saturated carbocycles. The zero-order chi connectivity index (χ0) is 12.1. The third kappa shape index (κ3) is 3.48. The van der Waals surface area contributed by atoms with Crippen molar-refractivity contribution < 1.29 is 19.4 Å². The lowest BCUT2D eigenvalue weighted by molar-refractivity contribution is -0.146. The summed E-state index contributed by atoms with van der Waals surface area (Å²) in [6, 6.07) is 0. The molecule has 5 nitrogen and oxygen atoms in total. The van der Waals surface area contributed by atoms with Crippen LogP contribution in [0.3, 0.4) is 0 Å². The first-order valence-electron chi connectivity index (χ1n) is 5.60. The standard InChI is InChI=1S/C11H19NO4/c1-7(8(2)11(14)15)10(13)12-5-9-3-4-16-6-9/h7-9H,3-6H2,1-2H3,(H,12,13)(H,14,15). The molecule has 3 unspecified atom stereocenters. The molecular formula is C11H19NO4. The van der Waals surface area contributed by atoms with Crippen molar-refractivity contribution in [3.8, 4) is 0 Å². The van der Waals surface area contributed by atoms with E-state index < -0.39 is 17.8 Å². The maximum absolute atomic E-state index is 11.6. The van der Waals surface area contributed by atoms with Gasteiger partial charge in [-0.3, -0.25) is 9.59 Å². The number of carbonyl (C=O) groups excluding carboxylic acids is 1. The second-order valence-electron chi connectivity index (χ2n) is 4.39. The van der Waals surface area contributed by atoms with Gasteiger partial charge in [-0.2, -0.15) is 0 Å². The van der Waals surface area contributed by atoms with Crippen LogP contribution in [-0.4, -0.2) is 36.7 Å². The molecule has 0 bridgehead atoms. The average Bonchev–Trinajstić information content (AvgIpc) is 2.76. The monoisotopic (exact) mass is 229 g/mol. The van der Waals surface area contributed by atoms with Gasteiger partial charge >= 0.3 is 5.97 Å². The molecule has 3 atom stereocenters. The topological polar surface area (TPSA) is 75.6 Å². The zero-order valence-electron chi connectivity index (χ0n) is 9.73. The number of hydrogen-bond donors (Lipinski definition) is 2. The Kier molecular flexibility index (Phi) is 4.73. The highest BCUT2D eigenvalue weighted by molar-refractivity contribution is 5.84. The van der Waals surface area contributed by atoms with E-state index in [1.54, 1.807) is 13.8 Å². The molecule has 1 rings (SSSR count). The Bertz CT molecular complexity index is 261. The number of hydrogen-bond acceptors (Lipinski definition) is 3. The van der Waals surface area contributed by atoms with Crippen LogP contribution in [0, 0.1) is 17.8 Å². The summed E-state index contributed by atoms with van der Waals surface area (Å²) >= 11 is 0. The Labute approximate surface area is 95.2 Å². The highest BCUT2D eigenvalue weighted by atomic mass is 16.5. The van der Waals surface area contributed by atoms with Crippen molar-refractivity contribution in [2.24, 2.45) is 17.8 Å². The number of rotatable bonds is 5. The number of carbonyl (C=O) groups is 2. The molecule has 1 aliphatic heterocycles. The second-order valence-corrected chi connectivity index (χ2v) is 4.39. The van der Waals surface area contributed by atoms with Crippen LogP contribution in [0.2, 0.25) is 0 Å². The summed E-state index contributed by atoms with van der Waals surface area (Å²) in [6.07, 6.45) is 0.961. The van der Waals surface area contributed by atoms with Gasteiger partial charge in [-0.1, -0.05) is 13.8 Å². The van der Waals surface area contributed by atoms with Crippen LogP contribution in [0.5, 0.6) is 0 Å². The van der Waals surface area contributed by atoms with Crippen molar-refractivity contribution >= 4 is 11.9 Å². The van der Waals surface area contributed by atoms with Crippen LogP contribution >= 0.6 is 0 Å². The summed E-state index contributed by atoms with van der Waals surface area (Å²) in [4.78, 5) is 22.3. The van der Waals surface area contributed by atoms with Crippen LogP contribution in [-0.2, 0) is 14.3 Å². The highest BCUT2D eigenvalue weighted by Gasteiger charge is 2.26. The van der Waals surface area contributed by atoms with Gasteiger partial charge in [-0.15, -0.1) is 0 Å². The lowest BCUT2D eigenvalue weighted by atomic mass is 9.95. The Morgan fingerprint density at radius 2 is 2.12 bits per heavy atom. The van der Waals surface area contributed by atoms with Crippen molar-refractivity contribution in [3.05, 3.63) is 0 Å². The SMILES string of the molecule is CC(C(=O)O)C(C)C(=O)NCC1CCOC1. The first kappa shape index (κ1) is 13.0. The number of ether oxygens (including phenoxy) is 1. The second kappa shape index (κ2) is 5.84. The van der Waals surface area contributed by atoms with Gasteiger partial charge in [0, 0.05) is 25.0 Å². The number of aliphatic carboxylic acids is 1. The summed E-state index contributed by atoms with van der Waals surface area (Å²) in [5.74, 6) is -1.91. The van der Waals surface area contributed by atoms with E-state index >= 15 is 0 Å². The molecule has 0 aliphatic carbocycles. The molecule has 1 amide bonds. The molecule has 0 radical (unpaired) electrons. The fourth-order valence-corrected chi connectivity index (χ4v) is 1.59. The van der Waals surface area contributed by atoms with Gasteiger partial charge in [-0.25, -0.2) is 0 Å². The molecule has 2 N–H and O–H groups in total. The lowest BCUT2D eigenvalue weighted by Gasteiger charge is -2.17. The molecule has 0 aromatic heterocycles. The van der Waals surface area contributed by atoms with E-state index in [0.717, 1.165) is 13.0 Å². The molecule has 1 heterocycles. The van der Waals surface area contributed by atoms with Crippen molar-refractivity contribution in [3.63, 3.8) is 0 Å². The minimum Gasteiger partial charge on any atom is -0.481 e. The number of amides is 1. The van der Waals surface area contributed by atoms with Crippen LogP contribution in [0.1, 0.15) is 20.3 Å². The first-order chi connectivity index (χ1) is 7.52. The third-order valence-corrected chi connectivity index (χ3v) is 3.14. The smallest absolute Gasteiger partial charge is 0.307 e. The molecule has 0 aromatic carbocycles. The lowest BCUT2D eigenvalue weighted by Crippen LogP contribution is -2.37. The summed E-state index contributed by atoms with van der Waals surface area (Å²) in [6.45, 7) is 5.20. The van der Waals surface area contributed by atoms with Gasteiger partial charge < -0.3 is 15.2 Å². The van der Waals surface area contributed by atoms with Gasteiger partial charge in [-0.05, 0) is 6.42 Å². The largest absolute Gasteiger partial charge is 0.481 e. The third-order valence-electron chi connectivity index (χ3n) is 3.14. The zero-order valence-corrected chi connectivity index (χ0v) is 9.73. The Morgan fingerprint density at radius 1 is 1.44 bits per heavy atom. The minimum atomic E-state index is -0.938. The van der Waals surface area contributed by atoms with Gasteiger partial charge in [0.25, 0.3) is 0 Å². The molecule has 1 aliphatic rings. The van der Waals surface area contributed by atoms with Gasteiger partial charge in [0.1, 0.15) is 0 Å². The van der Waals surface area contributed by atoms with E-state index in [0.29, 0.717) is 19.1 Å². The van der Waals surface area contributed by atoms with E-state index in [1.165, 1.54) is 0 Å². The predicted molar refractivity (Wildman–Crippen MR) is 57.9 cm³/mol. The Balaban J connectivity index is 2.30. The molecule has 0 aromatic rings. The highest BCUT2D eigenvalue weighted by Crippen LogP contribution is 2.13. The average molecular weight is 229 g/mol. The van der Waals surface area contributed by atoms with Crippen LogP contribution in [0.25, 0.3) is 0 Å². The van der Waals surface area contributed by atoms with Gasteiger partial charge in [0.15, 0.2) is 0 Å². The Morgan fingerprint density at radius 3 is 2.62 bits per heavy atom. The van der Waals surface area contributed by atoms with Crippen molar-refractivity contribution in [2.45, 2.75) is 20.3 Å². The molecule has 5 heteroatoms. The van der Waals surface area contributed by atoms with Crippen LogP contribution in [0.4, 0.5) is 0 Å². The fraction of sp³-hybridized carbons (Fsp3) is 0.818. The van der Waals surface area contributed by atoms with E-state index in [-0.39, 0.29) is 5.91 Å². The fourth-order valence-electron chi connectivity index (χ4n) is 1.59. The minimum absolute atomic E-state index is 0.193. The number of carboxylic acid groups (broad SMARTS) is 1. The van der Waals surface area contributed by atoms with Crippen molar-refractivity contribution in [2.75, 3.05) is 19.8 Å². The quantitative estimate of drug-likeness (QED) is 0.719. The van der Waals surface area contributed by atoms with Crippen LogP contribution in [0.15, 0.2) is 0 Å². The summed E-state index contributed by atoms with van der Waals surface area (Å²) in [7, 11) is 0. The van der Waals surface area contributed by atoms with E-state index in [4.69, 9.17) is 9.84 Å². The van der Waals surface area contributed by atoms with Gasteiger partial charge in [0.05, 0.1) is 12.5 Å². The first-order valence-corrected chi connectivity index (χ1v) is 5.60. The molecule has 1 fully saturated rings. The molecule has 92 valence electrons. The van der Waals surface area contributed by atoms with E-state index in [2.05, 4.69) is 5.32 Å². The van der Waals surface area contributed by atoms with E-state index in [1.807, 2.05) is 0 Å². The molecule has 1 saturated heterocycles. The molecule has 16 heavy (non-hydrogen) atoms. The Hall–Kier alpha value is -1.10. The normalized spacial score (nSPS) is 23.8. The van der Waals surface area contributed by atoms with Gasteiger partial charge in [0.2, 0.25) is 5.91 Å². The maximum atomic E-state index is 11.6. The van der Waals surface area contributed by atoms with Crippen molar-refractivity contribution in [1.29, 1.82) is 0 Å². The molecular weight excluding hydrogens is 210 g/mol. The van der Waals surface area contributed by atoms with Crippen molar-refractivity contribution in [1.82, 2.24) is 5.32 Å². The summed E-state index contributed by atoms with van der Waals surface area (Å²) in [5.41, 5.74) is 0. The predicted octanol–water partition coefficient (Wildman–Crippen LogP) is 0.496. The number of nitrogens with one attached hydrogen (secondary N) is 1. The van der Waals surface area contributed by atoms with E-state index in [9.17, 15) is 9.59 Å². The number of carboxylic acids is 1. The maximum Gasteiger partial charge on any atom is 0.307 e. The summed E-state index contributed by atoms with van der Waals surface area (Å²) < 4.78 is 5.19. The van der Waals surface area contributed by atoms with Crippen LogP contribution < -0.4 is 5.32 Å². The summed E-state index contributed by atoms with van der Waals surface area (Å²) in [5, 5.41) is 11.6. The molecule has 0 spiro atoms.